The van der Waals surface area contributed by atoms with Crippen LogP contribution in [0.5, 0.6) is 0 Å². The maximum absolute atomic E-state index is 11.8. The predicted molar refractivity (Wildman–Crippen MR) is 138 cm³/mol. The van der Waals surface area contributed by atoms with Crippen molar-refractivity contribution in [2.24, 2.45) is 0 Å². The van der Waals surface area contributed by atoms with Gasteiger partial charge in [-0.25, -0.2) is 12.8 Å². The molecule has 0 fully saturated rings. The van der Waals surface area contributed by atoms with Crippen molar-refractivity contribution in [3.63, 3.8) is 0 Å². The van der Waals surface area contributed by atoms with Crippen LogP contribution in [0.2, 0.25) is 0 Å². The van der Waals surface area contributed by atoms with Crippen LogP contribution in [0.25, 0.3) is 0 Å². The molecule has 0 radical (unpaired) electrons. The second kappa shape index (κ2) is 12.9. The van der Waals surface area contributed by atoms with Gasteiger partial charge in [0.25, 0.3) is 6.17 Å². The average Bonchev–Trinajstić information content (AvgIpc) is 2.90. The summed E-state index contributed by atoms with van der Waals surface area (Å²) in [5.41, 5.74) is 0. The zero-order chi connectivity index (χ0) is 28.7. The van der Waals surface area contributed by atoms with Crippen LogP contribution in [0.4, 0.5) is 26.3 Å². The molecule has 0 bridgehead atoms. The van der Waals surface area contributed by atoms with E-state index >= 15 is 0 Å². The molecule has 1 atom stereocenters. The van der Waals surface area contributed by atoms with Gasteiger partial charge in [0.1, 0.15) is 0 Å². The molecule has 0 N–H and O–H groups in total. The summed E-state index contributed by atoms with van der Waals surface area (Å²) in [6.45, 7) is 0. The Morgan fingerprint density at radius 3 is 1.33 bits per heavy atom. The van der Waals surface area contributed by atoms with E-state index in [9.17, 15) is 39.3 Å². The van der Waals surface area contributed by atoms with E-state index in [1.807, 2.05) is 0 Å². The minimum absolute atomic E-state index is 0.0786. The molecule has 3 nitrogen and oxygen atoms in total. The van der Waals surface area contributed by atoms with Gasteiger partial charge in [0.2, 0.25) is 0 Å². The molecule has 0 heterocycles. The molecule has 0 aliphatic rings. The highest BCUT2D eigenvalue weighted by Gasteiger charge is 2.61. The van der Waals surface area contributed by atoms with Gasteiger partial charge < -0.3 is 4.55 Å². The van der Waals surface area contributed by atoms with Gasteiger partial charge in [0.05, 0.1) is 10.9 Å². The van der Waals surface area contributed by atoms with E-state index in [0.29, 0.717) is 0 Å². The molecule has 0 saturated heterocycles. The number of benzene rings is 4. The van der Waals surface area contributed by atoms with E-state index in [2.05, 4.69) is 115 Å². The van der Waals surface area contributed by atoms with Crippen LogP contribution in [0.15, 0.2) is 140 Å². The first-order valence-corrected chi connectivity index (χ1v) is 14.5. The third kappa shape index (κ3) is 8.28. The summed E-state index contributed by atoms with van der Waals surface area (Å²) >= 11 is 1.80. The Bertz CT molecular complexity index is 1380. The summed E-state index contributed by atoms with van der Waals surface area (Å²) in [5.74, 6) is 0. The molecule has 0 aliphatic carbocycles. The van der Waals surface area contributed by atoms with Gasteiger partial charge in [-0.15, -0.1) is 0 Å². The maximum atomic E-state index is 11.8. The standard InChI is InChI=1S/C24H19S2.C3H2F6O3S/c1-4-10-20(11-5-1)25-21-16-18-24(19-17-21)26(22-12-6-2-7-13-22)23-14-8-3-9-15-23;4-1(2(5,6)7)3(8,9)13(10,11)12/h1-19H;1H,(H,10,11,12)/q+1;/p-1. The second-order valence-corrected chi connectivity index (χ2v) is 12.4. The van der Waals surface area contributed by atoms with Crippen LogP contribution in [-0.4, -0.2) is 30.6 Å². The minimum Gasteiger partial charge on any atom is -0.743 e. The molecule has 0 aromatic heterocycles. The highest BCUT2D eigenvalue weighted by atomic mass is 32.2. The highest BCUT2D eigenvalue weighted by molar-refractivity contribution is 7.99. The van der Waals surface area contributed by atoms with Crippen molar-refractivity contribution in [2.75, 3.05) is 0 Å². The molecule has 39 heavy (non-hydrogen) atoms. The van der Waals surface area contributed by atoms with Gasteiger partial charge in [-0.05, 0) is 60.7 Å². The largest absolute Gasteiger partial charge is 0.743 e. The zero-order valence-corrected chi connectivity index (χ0v) is 22.2. The lowest BCUT2D eigenvalue weighted by molar-refractivity contribution is -0.223. The number of halogens is 6. The molecule has 4 aromatic carbocycles. The number of rotatable bonds is 7. The summed E-state index contributed by atoms with van der Waals surface area (Å²) < 4.78 is 97.5. The van der Waals surface area contributed by atoms with E-state index in [1.54, 1.807) is 11.8 Å². The van der Waals surface area contributed by atoms with Crippen LogP contribution in [0.1, 0.15) is 0 Å². The fourth-order valence-electron chi connectivity index (χ4n) is 3.11. The first kappa shape index (κ1) is 30.6. The molecule has 206 valence electrons. The Balaban J connectivity index is 0.000000276. The Labute approximate surface area is 229 Å². The van der Waals surface area contributed by atoms with Crippen molar-refractivity contribution in [3.05, 3.63) is 115 Å². The van der Waals surface area contributed by atoms with Gasteiger partial charge >= 0.3 is 11.4 Å². The Kier molecular flexibility index (Phi) is 10.2. The quantitative estimate of drug-likeness (QED) is 0.122. The zero-order valence-electron chi connectivity index (χ0n) is 19.8. The number of hydrogen-bond acceptors (Lipinski definition) is 4. The maximum Gasteiger partial charge on any atom is 0.426 e. The van der Waals surface area contributed by atoms with E-state index in [1.165, 1.54) is 24.5 Å². The molecular formula is C27H20F6O3S3. The smallest absolute Gasteiger partial charge is 0.426 e. The average molecular weight is 603 g/mol. The molecule has 4 rings (SSSR count). The third-order valence-corrected chi connectivity index (χ3v) is 9.03. The van der Waals surface area contributed by atoms with Crippen molar-refractivity contribution in [2.45, 2.75) is 42.1 Å². The Hall–Kier alpha value is -2.93. The van der Waals surface area contributed by atoms with Gasteiger partial charge in [-0.3, -0.25) is 0 Å². The minimum atomic E-state index is -6.66. The molecule has 12 heteroatoms. The van der Waals surface area contributed by atoms with E-state index < -0.39 is 27.7 Å². The Morgan fingerprint density at radius 1 is 0.615 bits per heavy atom. The molecular weight excluding hydrogens is 582 g/mol. The van der Waals surface area contributed by atoms with Crippen LogP contribution in [0, 0.1) is 0 Å². The van der Waals surface area contributed by atoms with E-state index in [-0.39, 0.29) is 10.9 Å². The van der Waals surface area contributed by atoms with Crippen molar-refractivity contribution in [1.29, 1.82) is 0 Å². The van der Waals surface area contributed by atoms with Crippen LogP contribution < -0.4 is 0 Å². The van der Waals surface area contributed by atoms with Crippen molar-refractivity contribution >= 4 is 32.8 Å². The van der Waals surface area contributed by atoms with Crippen LogP contribution in [-0.2, 0) is 21.0 Å². The lowest BCUT2D eigenvalue weighted by Crippen LogP contribution is -2.46. The summed E-state index contributed by atoms with van der Waals surface area (Å²) in [7, 11) is -6.74. The fraction of sp³-hybridized carbons (Fsp3) is 0.111. The van der Waals surface area contributed by atoms with Gasteiger partial charge in [-0.2, -0.15) is 22.0 Å². The summed E-state index contributed by atoms with van der Waals surface area (Å²) in [5, 5.41) is -5.99. The lowest BCUT2D eigenvalue weighted by atomic mass is 10.3. The van der Waals surface area contributed by atoms with Crippen molar-refractivity contribution in [3.8, 4) is 0 Å². The SMILES string of the molecule is O=S(=O)([O-])C(F)(F)C(F)C(F)(F)F.c1ccc(Sc2ccc([S+](c3ccccc3)c3ccccc3)cc2)cc1. The van der Waals surface area contributed by atoms with Gasteiger partial charge in [-0.1, -0.05) is 66.4 Å². The normalized spacial score (nSPS) is 12.9. The van der Waals surface area contributed by atoms with Crippen molar-refractivity contribution < 1.29 is 39.3 Å². The monoisotopic (exact) mass is 602 g/mol. The third-order valence-electron chi connectivity index (χ3n) is 4.91. The predicted octanol–water partition coefficient (Wildman–Crippen LogP) is 7.96. The topological polar surface area (TPSA) is 57.2 Å². The molecule has 0 saturated carbocycles. The molecule has 1 unspecified atom stereocenters. The highest BCUT2D eigenvalue weighted by Crippen LogP contribution is 2.38. The Morgan fingerprint density at radius 2 is 0.974 bits per heavy atom. The molecule has 0 aliphatic heterocycles. The second-order valence-electron chi connectivity index (χ2n) is 7.74. The van der Waals surface area contributed by atoms with Crippen molar-refractivity contribution in [1.82, 2.24) is 0 Å². The van der Waals surface area contributed by atoms with Crippen LogP contribution in [0.3, 0.4) is 0 Å². The summed E-state index contributed by atoms with van der Waals surface area (Å²) in [6.07, 6.45) is -11.1. The van der Waals surface area contributed by atoms with E-state index in [0.717, 1.165) is 0 Å². The van der Waals surface area contributed by atoms with Gasteiger partial charge in [0.15, 0.2) is 24.8 Å². The first-order chi connectivity index (χ1) is 18.3. The number of hydrogen-bond donors (Lipinski definition) is 0. The molecule has 4 aromatic rings. The first-order valence-electron chi connectivity index (χ1n) is 11.0. The van der Waals surface area contributed by atoms with Gasteiger partial charge in [0, 0.05) is 9.79 Å². The summed E-state index contributed by atoms with van der Waals surface area (Å²) in [4.78, 5) is 6.58. The van der Waals surface area contributed by atoms with E-state index in [4.69, 9.17) is 0 Å². The molecule has 0 spiro atoms. The molecule has 0 amide bonds. The fourth-order valence-corrected chi connectivity index (χ4v) is 6.42. The van der Waals surface area contributed by atoms with Crippen LogP contribution >= 0.6 is 11.8 Å². The number of alkyl halides is 6. The lowest BCUT2D eigenvalue weighted by Gasteiger charge is -2.24. The summed E-state index contributed by atoms with van der Waals surface area (Å²) in [6, 6.07) is 41.1.